The first-order chi connectivity index (χ1) is 7.13. The van der Waals surface area contributed by atoms with Crippen LogP contribution in [0.25, 0.3) is 0 Å². The summed E-state index contributed by atoms with van der Waals surface area (Å²) >= 11 is 0. The van der Waals surface area contributed by atoms with E-state index in [1.54, 1.807) is 12.2 Å². The van der Waals surface area contributed by atoms with Crippen molar-refractivity contribution in [2.75, 3.05) is 13.1 Å². The third-order valence-corrected chi connectivity index (χ3v) is 2.50. The van der Waals surface area contributed by atoms with Crippen molar-refractivity contribution in [3.05, 3.63) is 28.6 Å². The molecule has 0 spiro atoms. The molecule has 0 aromatic rings. The van der Waals surface area contributed by atoms with Crippen LogP contribution in [0.2, 0.25) is 0 Å². The van der Waals surface area contributed by atoms with Crippen molar-refractivity contribution in [2.24, 2.45) is 16.6 Å². The zero-order valence-corrected chi connectivity index (χ0v) is 9.02. The maximum Gasteiger partial charge on any atom is 0.0987 e. The van der Waals surface area contributed by atoms with Crippen molar-refractivity contribution >= 4 is 0 Å². The van der Waals surface area contributed by atoms with Crippen molar-refractivity contribution in [3.8, 4) is 0 Å². The maximum absolute atomic E-state index is 10.3. The number of allylic oxidation sites excluding steroid dienone is 3. The summed E-state index contributed by atoms with van der Waals surface area (Å²) in [5.74, 6) is 0.698. The van der Waals surface area contributed by atoms with Crippen LogP contribution in [0.15, 0.2) is 28.8 Å². The van der Waals surface area contributed by atoms with Crippen LogP contribution in [-0.2, 0) is 0 Å². The highest BCUT2D eigenvalue weighted by atomic mass is 16.3. The third kappa shape index (κ3) is 3.61. The van der Waals surface area contributed by atoms with E-state index >= 15 is 0 Å². The fourth-order valence-electron chi connectivity index (χ4n) is 1.55. The molecule has 1 fully saturated rings. The van der Waals surface area contributed by atoms with Gasteiger partial charge < -0.3 is 16.4 Å². The third-order valence-electron chi connectivity index (χ3n) is 2.50. The molecule has 1 rings (SSSR count). The van der Waals surface area contributed by atoms with Crippen LogP contribution in [0.1, 0.15) is 19.8 Å². The van der Waals surface area contributed by atoms with E-state index in [4.69, 9.17) is 11.5 Å². The van der Waals surface area contributed by atoms with Gasteiger partial charge in [0.2, 0.25) is 0 Å². The fourth-order valence-corrected chi connectivity index (χ4v) is 1.55. The fraction of sp³-hybridized carbons (Fsp3) is 0.600. The molecule has 1 aliphatic rings. The molecule has 5 heteroatoms. The molecule has 0 saturated carbocycles. The standard InChI is InChI=1S/C10H18N4O/c1-8(11)2-3-10(12)14-6-4-9(13-15)5-7-14/h2-3,9H,4-7,11-12H2,1H3/b8-2-,10-3+. The zero-order chi connectivity index (χ0) is 11.3. The quantitative estimate of drug-likeness (QED) is 0.535. The number of rotatable bonds is 3. The van der Waals surface area contributed by atoms with Crippen LogP contribution >= 0.6 is 0 Å². The van der Waals surface area contributed by atoms with Crippen molar-refractivity contribution in [1.29, 1.82) is 0 Å². The molecule has 0 bridgehead atoms. The number of piperidine rings is 1. The summed E-state index contributed by atoms with van der Waals surface area (Å²) in [7, 11) is 0. The molecule has 5 nitrogen and oxygen atoms in total. The molecular formula is C10H18N4O. The van der Waals surface area contributed by atoms with Gasteiger partial charge in [-0.2, -0.15) is 4.91 Å². The Balaban J connectivity index is 2.49. The van der Waals surface area contributed by atoms with Crippen LogP contribution in [0.5, 0.6) is 0 Å². The van der Waals surface area contributed by atoms with Gasteiger partial charge in [0.05, 0.1) is 11.9 Å². The second-order valence-corrected chi connectivity index (χ2v) is 3.83. The first-order valence-electron chi connectivity index (χ1n) is 5.10. The number of nitroso groups, excluding NO2 is 1. The predicted octanol–water partition coefficient (Wildman–Crippen LogP) is 0.880. The van der Waals surface area contributed by atoms with E-state index in [1.165, 1.54) is 0 Å². The average Bonchev–Trinajstić information content (AvgIpc) is 2.26. The Kier molecular flexibility index (Phi) is 4.15. The Labute approximate surface area is 89.8 Å². The molecule has 1 aliphatic heterocycles. The first kappa shape index (κ1) is 11.6. The molecule has 0 aliphatic carbocycles. The van der Waals surface area contributed by atoms with Crippen molar-refractivity contribution in [1.82, 2.24) is 4.90 Å². The molecule has 0 atom stereocenters. The van der Waals surface area contributed by atoms with Crippen LogP contribution in [0.3, 0.4) is 0 Å². The van der Waals surface area contributed by atoms with Gasteiger partial charge in [0.1, 0.15) is 0 Å². The highest BCUT2D eigenvalue weighted by molar-refractivity contribution is 5.12. The van der Waals surface area contributed by atoms with Crippen molar-refractivity contribution in [2.45, 2.75) is 25.8 Å². The van der Waals surface area contributed by atoms with Gasteiger partial charge in [0.25, 0.3) is 0 Å². The minimum atomic E-state index is -0.0409. The monoisotopic (exact) mass is 210 g/mol. The summed E-state index contributed by atoms with van der Waals surface area (Å²) in [6.07, 6.45) is 5.14. The van der Waals surface area contributed by atoms with Crippen LogP contribution in [0, 0.1) is 4.91 Å². The van der Waals surface area contributed by atoms with Crippen LogP contribution in [0.4, 0.5) is 0 Å². The number of nitrogens with zero attached hydrogens (tertiary/aromatic N) is 2. The molecule has 1 saturated heterocycles. The summed E-state index contributed by atoms with van der Waals surface area (Å²) in [5, 5.41) is 3.05. The lowest BCUT2D eigenvalue weighted by Crippen LogP contribution is -2.37. The second kappa shape index (κ2) is 5.38. The maximum atomic E-state index is 10.3. The van der Waals surface area contributed by atoms with Gasteiger partial charge >= 0.3 is 0 Å². The van der Waals surface area contributed by atoms with Crippen LogP contribution < -0.4 is 11.5 Å². The van der Waals surface area contributed by atoms with E-state index in [0.717, 1.165) is 31.6 Å². The smallest absolute Gasteiger partial charge is 0.0987 e. The lowest BCUT2D eigenvalue weighted by atomic mass is 10.1. The van der Waals surface area contributed by atoms with Gasteiger partial charge in [-0.3, -0.25) is 0 Å². The Hall–Kier alpha value is -1.52. The highest BCUT2D eigenvalue weighted by Crippen LogP contribution is 2.15. The summed E-state index contributed by atoms with van der Waals surface area (Å²) in [5.41, 5.74) is 12.1. The molecular weight excluding hydrogens is 192 g/mol. The molecule has 4 N–H and O–H groups in total. The second-order valence-electron chi connectivity index (χ2n) is 3.83. The first-order valence-corrected chi connectivity index (χ1v) is 5.10. The van der Waals surface area contributed by atoms with Gasteiger partial charge in [-0.25, -0.2) is 0 Å². The van der Waals surface area contributed by atoms with Crippen molar-refractivity contribution in [3.63, 3.8) is 0 Å². The van der Waals surface area contributed by atoms with Crippen LogP contribution in [-0.4, -0.2) is 24.0 Å². The van der Waals surface area contributed by atoms with E-state index in [1.807, 2.05) is 11.8 Å². The average molecular weight is 210 g/mol. The van der Waals surface area contributed by atoms with E-state index in [-0.39, 0.29) is 6.04 Å². The molecule has 1 heterocycles. The predicted molar refractivity (Wildman–Crippen MR) is 60.6 cm³/mol. The molecule has 0 amide bonds. The summed E-state index contributed by atoms with van der Waals surface area (Å²) in [6, 6.07) is -0.0409. The molecule has 0 radical (unpaired) electrons. The number of likely N-dealkylation sites (tertiary alicyclic amines) is 1. The molecule has 15 heavy (non-hydrogen) atoms. The molecule has 0 aromatic heterocycles. The van der Waals surface area contributed by atoms with Gasteiger partial charge in [-0.1, -0.05) is 5.18 Å². The molecule has 0 unspecified atom stereocenters. The van der Waals surface area contributed by atoms with E-state index in [9.17, 15) is 4.91 Å². The van der Waals surface area contributed by atoms with Gasteiger partial charge in [0, 0.05) is 18.8 Å². The SMILES string of the molecule is C/C(N)=C/C=C(\N)N1CCC(N=O)CC1. The van der Waals surface area contributed by atoms with E-state index in [2.05, 4.69) is 5.18 Å². The number of hydrogen-bond donors (Lipinski definition) is 2. The normalized spacial score (nSPS) is 20.5. The van der Waals surface area contributed by atoms with Gasteiger partial charge in [0.15, 0.2) is 0 Å². The Bertz CT molecular complexity index is 273. The minimum Gasteiger partial charge on any atom is -0.402 e. The Morgan fingerprint density at radius 3 is 2.40 bits per heavy atom. The Morgan fingerprint density at radius 2 is 1.93 bits per heavy atom. The highest BCUT2D eigenvalue weighted by Gasteiger charge is 2.19. The Morgan fingerprint density at radius 1 is 1.33 bits per heavy atom. The summed E-state index contributed by atoms with van der Waals surface area (Å²) < 4.78 is 0. The van der Waals surface area contributed by atoms with E-state index < -0.39 is 0 Å². The summed E-state index contributed by atoms with van der Waals surface area (Å²) in [6.45, 7) is 3.39. The molecule has 84 valence electrons. The molecule has 0 aromatic carbocycles. The summed E-state index contributed by atoms with van der Waals surface area (Å²) in [4.78, 5) is 12.4. The van der Waals surface area contributed by atoms with Gasteiger partial charge in [-0.15, -0.1) is 0 Å². The number of nitrogens with two attached hydrogens (primary N) is 2. The topological polar surface area (TPSA) is 84.7 Å². The van der Waals surface area contributed by atoms with Gasteiger partial charge in [-0.05, 0) is 31.9 Å². The number of hydrogen-bond acceptors (Lipinski definition) is 5. The zero-order valence-electron chi connectivity index (χ0n) is 9.02. The largest absolute Gasteiger partial charge is 0.402 e. The minimum absolute atomic E-state index is 0.0409. The van der Waals surface area contributed by atoms with E-state index in [0.29, 0.717) is 5.82 Å². The lowest BCUT2D eigenvalue weighted by molar-refractivity contribution is 0.262. The van der Waals surface area contributed by atoms with Crippen molar-refractivity contribution < 1.29 is 0 Å². The lowest BCUT2D eigenvalue weighted by Gasteiger charge is -2.30.